The third kappa shape index (κ3) is 4.66. The second-order valence-electron chi connectivity index (χ2n) is 7.54. The highest BCUT2D eigenvalue weighted by molar-refractivity contribution is 7.89. The summed E-state index contributed by atoms with van der Waals surface area (Å²) in [7, 11) is -3.84. The number of carbonyl (C=O) groups is 1. The molecule has 0 radical (unpaired) electrons. The van der Waals surface area contributed by atoms with E-state index in [2.05, 4.69) is 23.9 Å². The van der Waals surface area contributed by atoms with Crippen molar-refractivity contribution in [1.82, 2.24) is 4.72 Å². The van der Waals surface area contributed by atoms with Gasteiger partial charge in [0.2, 0.25) is 15.9 Å². The van der Waals surface area contributed by atoms with Crippen molar-refractivity contribution in [3.05, 3.63) is 71.8 Å². The van der Waals surface area contributed by atoms with Crippen LogP contribution in [0.1, 0.15) is 37.8 Å². The molecule has 0 aliphatic carbocycles. The molecule has 0 unspecified atom stereocenters. The number of hydrogen-bond donors (Lipinski definition) is 2. The standard InChI is InChI=1S/C23H26N2O3S/c1-15(2)21-11-7-8-16(3)22(21)24-23(26)17(4)25-29(27,28)20-13-12-18-9-5-6-10-19(18)14-20/h5-15,17,25H,1-4H3,(H,24,26)/t17-/m1/s1. The Labute approximate surface area is 172 Å². The molecule has 5 nitrogen and oxygen atoms in total. The van der Waals surface area contributed by atoms with Crippen LogP contribution in [0.15, 0.2) is 65.6 Å². The third-order valence-corrected chi connectivity index (χ3v) is 6.47. The first-order chi connectivity index (χ1) is 13.7. The number of rotatable bonds is 6. The molecule has 0 aromatic heterocycles. The molecule has 0 heterocycles. The van der Waals surface area contributed by atoms with E-state index in [4.69, 9.17) is 0 Å². The second kappa shape index (κ2) is 8.35. The highest BCUT2D eigenvalue weighted by Crippen LogP contribution is 2.27. The summed E-state index contributed by atoms with van der Waals surface area (Å²) in [6.07, 6.45) is 0. The Morgan fingerprint density at radius 1 is 0.897 bits per heavy atom. The molecule has 0 fully saturated rings. The van der Waals surface area contributed by atoms with Gasteiger partial charge in [0.05, 0.1) is 10.9 Å². The molecule has 0 aliphatic rings. The molecule has 1 atom stereocenters. The van der Waals surface area contributed by atoms with Crippen LogP contribution in [0.4, 0.5) is 5.69 Å². The predicted octanol–water partition coefficient (Wildman–Crippen LogP) is 4.58. The Kier molecular flexibility index (Phi) is 6.05. The molecular formula is C23H26N2O3S. The van der Waals surface area contributed by atoms with Gasteiger partial charge in [-0.25, -0.2) is 8.42 Å². The van der Waals surface area contributed by atoms with Crippen LogP contribution in [0.3, 0.4) is 0 Å². The molecule has 1 amide bonds. The molecule has 3 rings (SSSR count). The van der Waals surface area contributed by atoms with E-state index in [9.17, 15) is 13.2 Å². The fraction of sp³-hybridized carbons (Fsp3) is 0.261. The largest absolute Gasteiger partial charge is 0.324 e. The van der Waals surface area contributed by atoms with Crippen LogP contribution in [0.2, 0.25) is 0 Å². The molecule has 152 valence electrons. The van der Waals surface area contributed by atoms with Crippen LogP contribution in [0, 0.1) is 6.92 Å². The monoisotopic (exact) mass is 410 g/mol. The maximum absolute atomic E-state index is 12.8. The van der Waals surface area contributed by atoms with Crippen LogP contribution in [-0.2, 0) is 14.8 Å². The number of nitrogens with one attached hydrogen (secondary N) is 2. The first-order valence-electron chi connectivity index (χ1n) is 9.60. The smallest absolute Gasteiger partial charge is 0.242 e. The number of sulfonamides is 1. The van der Waals surface area contributed by atoms with Crippen LogP contribution in [0.25, 0.3) is 10.8 Å². The lowest BCUT2D eigenvalue weighted by Gasteiger charge is -2.19. The van der Waals surface area contributed by atoms with Gasteiger partial charge in [0.25, 0.3) is 0 Å². The topological polar surface area (TPSA) is 75.3 Å². The Morgan fingerprint density at radius 2 is 1.59 bits per heavy atom. The van der Waals surface area contributed by atoms with Crippen LogP contribution in [0.5, 0.6) is 0 Å². The fourth-order valence-corrected chi connectivity index (χ4v) is 4.50. The number of benzene rings is 3. The minimum Gasteiger partial charge on any atom is -0.324 e. The van der Waals surface area contributed by atoms with Crippen molar-refractivity contribution in [2.24, 2.45) is 0 Å². The lowest BCUT2D eigenvalue weighted by atomic mass is 9.98. The van der Waals surface area contributed by atoms with E-state index in [1.54, 1.807) is 25.1 Å². The number of amides is 1. The first-order valence-corrected chi connectivity index (χ1v) is 11.1. The van der Waals surface area contributed by atoms with E-state index >= 15 is 0 Å². The average Bonchev–Trinajstić information content (AvgIpc) is 2.68. The Balaban J connectivity index is 1.80. The van der Waals surface area contributed by atoms with Gasteiger partial charge < -0.3 is 5.32 Å². The van der Waals surface area contributed by atoms with Gasteiger partial charge in [-0.1, -0.05) is 62.4 Å². The zero-order valence-corrected chi connectivity index (χ0v) is 17.9. The summed E-state index contributed by atoms with van der Waals surface area (Å²) in [4.78, 5) is 12.9. The van der Waals surface area contributed by atoms with E-state index in [0.717, 1.165) is 27.6 Å². The number of aryl methyl sites for hydroxylation is 1. The van der Waals surface area contributed by atoms with Crippen molar-refractivity contribution >= 4 is 32.4 Å². The number of carbonyl (C=O) groups excluding carboxylic acids is 1. The number of anilines is 1. The van der Waals surface area contributed by atoms with Crippen LogP contribution < -0.4 is 10.0 Å². The third-order valence-electron chi connectivity index (χ3n) is 4.93. The van der Waals surface area contributed by atoms with E-state index < -0.39 is 22.0 Å². The SMILES string of the molecule is Cc1cccc(C(C)C)c1NC(=O)[C@@H](C)NS(=O)(=O)c1ccc2ccccc2c1. The quantitative estimate of drug-likeness (QED) is 0.625. The Hall–Kier alpha value is -2.70. The zero-order chi connectivity index (χ0) is 21.2. The molecule has 3 aromatic rings. The van der Waals surface area contributed by atoms with Gasteiger partial charge >= 0.3 is 0 Å². The summed E-state index contributed by atoms with van der Waals surface area (Å²) in [6, 6.07) is 17.4. The normalized spacial score (nSPS) is 12.9. The molecule has 6 heteroatoms. The Morgan fingerprint density at radius 3 is 2.28 bits per heavy atom. The molecule has 29 heavy (non-hydrogen) atoms. The molecule has 2 N–H and O–H groups in total. The zero-order valence-electron chi connectivity index (χ0n) is 17.1. The minimum absolute atomic E-state index is 0.134. The maximum Gasteiger partial charge on any atom is 0.242 e. The number of hydrogen-bond acceptors (Lipinski definition) is 3. The van der Waals surface area contributed by atoms with Crippen molar-refractivity contribution in [3.63, 3.8) is 0 Å². The molecule has 0 spiro atoms. The van der Waals surface area contributed by atoms with E-state index in [1.807, 2.05) is 49.4 Å². The minimum atomic E-state index is -3.84. The van der Waals surface area contributed by atoms with Crippen LogP contribution in [-0.4, -0.2) is 20.4 Å². The lowest BCUT2D eigenvalue weighted by molar-refractivity contribution is -0.117. The molecule has 0 aliphatic heterocycles. The van der Waals surface area contributed by atoms with Gasteiger partial charge in [0.15, 0.2) is 0 Å². The van der Waals surface area contributed by atoms with Gasteiger partial charge in [-0.15, -0.1) is 0 Å². The summed E-state index contributed by atoms with van der Waals surface area (Å²) >= 11 is 0. The molecule has 0 saturated heterocycles. The molecular weight excluding hydrogens is 384 g/mol. The Bertz CT molecular complexity index is 1150. The summed E-state index contributed by atoms with van der Waals surface area (Å²) in [6.45, 7) is 7.57. The average molecular weight is 411 g/mol. The van der Waals surface area contributed by atoms with E-state index in [1.165, 1.54) is 0 Å². The summed E-state index contributed by atoms with van der Waals surface area (Å²) in [5, 5.41) is 4.68. The first kappa shape index (κ1) is 21.0. The highest BCUT2D eigenvalue weighted by atomic mass is 32.2. The fourth-order valence-electron chi connectivity index (χ4n) is 3.26. The van der Waals surface area contributed by atoms with Crippen molar-refractivity contribution in [3.8, 4) is 0 Å². The van der Waals surface area contributed by atoms with Crippen molar-refractivity contribution in [1.29, 1.82) is 0 Å². The van der Waals surface area contributed by atoms with Gasteiger partial charge in [-0.3, -0.25) is 4.79 Å². The van der Waals surface area contributed by atoms with Crippen molar-refractivity contribution in [2.45, 2.75) is 44.6 Å². The summed E-state index contributed by atoms with van der Waals surface area (Å²) in [5.74, 6) is -0.166. The van der Waals surface area contributed by atoms with Crippen molar-refractivity contribution in [2.75, 3.05) is 5.32 Å². The second-order valence-corrected chi connectivity index (χ2v) is 9.25. The van der Waals surface area contributed by atoms with Gasteiger partial charge in [-0.05, 0) is 53.8 Å². The summed E-state index contributed by atoms with van der Waals surface area (Å²) < 4.78 is 28.1. The highest BCUT2D eigenvalue weighted by Gasteiger charge is 2.23. The molecule has 0 bridgehead atoms. The van der Waals surface area contributed by atoms with Crippen molar-refractivity contribution < 1.29 is 13.2 Å². The maximum atomic E-state index is 12.8. The molecule has 0 saturated carbocycles. The number of fused-ring (bicyclic) bond motifs is 1. The number of para-hydroxylation sites is 1. The molecule has 3 aromatic carbocycles. The van der Waals surface area contributed by atoms with Gasteiger partial charge in [-0.2, -0.15) is 4.72 Å². The predicted molar refractivity (Wildman–Crippen MR) is 118 cm³/mol. The van der Waals surface area contributed by atoms with Gasteiger partial charge in [0, 0.05) is 5.69 Å². The van der Waals surface area contributed by atoms with Crippen LogP contribution >= 0.6 is 0 Å². The van der Waals surface area contributed by atoms with E-state index in [0.29, 0.717) is 0 Å². The summed E-state index contributed by atoms with van der Waals surface area (Å²) in [5.41, 5.74) is 2.70. The van der Waals surface area contributed by atoms with E-state index in [-0.39, 0.29) is 10.8 Å². The van der Waals surface area contributed by atoms with Gasteiger partial charge in [0.1, 0.15) is 0 Å². The lowest BCUT2D eigenvalue weighted by Crippen LogP contribution is -2.41.